The minimum absolute atomic E-state index is 0.154. The molecule has 0 saturated carbocycles. The van der Waals surface area contributed by atoms with Gasteiger partial charge in [0.15, 0.2) is 6.04 Å². The van der Waals surface area contributed by atoms with Crippen LogP contribution in [0.25, 0.3) is 0 Å². The first-order valence-corrected chi connectivity index (χ1v) is 3.97. The molecule has 0 N–H and O–H groups in total. The van der Waals surface area contributed by atoms with Crippen LogP contribution in [0.4, 0.5) is 4.39 Å². The molecule has 0 aliphatic carbocycles. The maximum absolute atomic E-state index is 12.8. The summed E-state index contributed by atoms with van der Waals surface area (Å²) in [5.41, 5.74) is 0.237. The number of nitriles is 1. The predicted octanol–water partition coefficient (Wildman–Crippen LogP) is 2.38. The molecule has 0 aromatic heterocycles. The van der Waals surface area contributed by atoms with Crippen LogP contribution in [-0.4, -0.2) is 6.08 Å². The van der Waals surface area contributed by atoms with Crippen molar-refractivity contribution in [2.45, 2.75) is 6.04 Å². The van der Waals surface area contributed by atoms with Crippen LogP contribution in [0.1, 0.15) is 11.6 Å². The number of halogens is 2. The molecule has 70 valence electrons. The van der Waals surface area contributed by atoms with E-state index in [2.05, 4.69) is 4.99 Å². The normalized spacial score (nSPS) is 11.2. The van der Waals surface area contributed by atoms with Gasteiger partial charge < -0.3 is 0 Å². The van der Waals surface area contributed by atoms with Gasteiger partial charge in [-0.1, -0.05) is 11.6 Å². The number of hydrogen-bond acceptors (Lipinski definition) is 3. The average molecular weight is 211 g/mol. The van der Waals surface area contributed by atoms with E-state index in [4.69, 9.17) is 16.9 Å². The van der Waals surface area contributed by atoms with Crippen LogP contribution >= 0.6 is 11.6 Å². The standard InChI is InChI=1S/C9H4ClFN2O/c10-7-1-6(2-8(11)3-7)9(4-12)13-5-14/h1-3,9H. The third kappa shape index (κ3) is 2.40. The van der Waals surface area contributed by atoms with Crippen LogP contribution in [0, 0.1) is 17.1 Å². The molecule has 0 spiro atoms. The van der Waals surface area contributed by atoms with Crippen molar-refractivity contribution in [3.05, 3.63) is 34.6 Å². The van der Waals surface area contributed by atoms with Gasteiger partial charge >= 0.3 is 0 Å². The first-order valence-electron chi connectivity index (χ1n) is 3.60. The van der Waals surface area contributed by atoms with Gasteiger partial charge in [-0.05, 0) is 23.8 Å². The van der Waals surface area contributed by atoms with E-state index in [1.165, 1.54) is 12.1 Å². The highest BCUT2D eigenvalue weighted by atomic mass is 35.5. The second kappa shape index (κ2) is 4.52. The highest BCUT2D eigenvalue weighted by molar-refractivity contribution is 6.30. The highest BCUT2D eigenvalue weighted by Crippen LogP contribution is 2.21. The van der Waals surface area contributed by atoms with Gasteiger partial charge in [0.2, 0.25) is 6.08 Å². The SMILES string of the molecule is N#CC(N=C=O)c1cc(F)cc(Cl)c1. The monoisotopic (exact) mass is 210 g/mol. The molecular weight excluding hydrogens is 207 g/mol. The van der Waals surface area contributed by atoms with Crippen LogP contribution in [0.15, 0.2) is 23.2 Å². The van der Waals surface area contributed by atoms with E-state index in [0.29, 0.717) is 0 Å². The number of nitrogens with zero attached hydrogens (tertiary/aromatic N) is 2. The van der Waals surface area contributed by atoms with Crippen LogP contribution < -0.4 is 0 Å². The van der Waals surface area contributed by atoms with Gasteiger partial charge in [-0.3, -0.25) is 0 Å². The Labute approximate surface area is 84.4 Å². The van der Waals surface area contributed by atoms with Gasteiger partial charge in [-0.2, -0.15) is 10.3 Å². The van der Waals surface area contributed by atoms with Gasteiger partial charge in [0.05, 0.1) is 6.07 Å². The lowest BCUT2D eigenvalue weighted by molar-refractivity contribution is 0.561. The molecular formula is C9H4ClFN2O. The number of aliphatic imine (C=N–C) groups is 1. The second-order valence-corrected chi connectivity index (χ2v) is 2.89. The second-order valence-electron chi connectivity index (χ2n) is 2.45. The third-order valence-electron chi connectivity index (χ3n) is 1.50. The summed E-state index contributed by atoms with van der Waals surface area (Å²) in [5.74, 6) is -0.575. The fourth-order valence-electron chi connectivity index (χ4n) is 0.964. The van der Waals surface area contributed by atoms with Gasteiger partial charge in [0, 0.05) is 5.02 Å². The summed E-state index contributed by atoms with van der Waals surface area (Å²) in [6.45, 7) is 0. The van der Waals surface area contributed by atoms with Crippen molar-refractivity contribution in [2.75, 3.05) is 0 Å². The lowest BCUT2D eigenvalue weighted by atomic mass is 10.1. The van der Waals surface area contributed by atoms with Crippen molar-refractivity contribution in [1.29, 1.82) is 5.26 Å². The van der Waals surface area contributed by atoms with Gasteiger partial charge in [-0.15, -0.1) is 0 Å². The first-order chi connectivity index (χ1) is 6.67. The lowest BCUT2D eigenvalue weighted by Gasteiger charge is -2.02. The first kappa shape index (κ1) is 10.4. The summed E-state index contributed by atoms with van der Waals surface area (Å²) in [7, 11) is 0. The molecule has 14 heavy (non-hydrogen) atoms. The molecule has 0 heterocycles. The number of carbonyl (C=O) groups excluding carboxylic acids is 1. The smallest absolute Gasteiger partial charge is 0.211 e. The van der Waals surface area contributed by atoms with Crippen molar-refractivity contribution in [3.8, 4) is 6.07 Å². The van der Waals surface area contributed by atoms with E-state index in [0.717, 1.165) is 12.1 Å². The van der Waals surface area contributed by atoms with E-state index in [9.17, 15) is 9.18 Å². The van der Waals surface area contributed by atoms with E-state index >= 15 is 0 Å². The Morgan fingerprint density at radius 1 is 1.50 bits per heavy atom. The Bertz CT molecular complexity index is 415. The fraction of sp³-hybridized carbons (Fsp3) is 0.111. The highest BCUT2D eigenvalue weighted by Gasteiger charge is 2.10. The van der Waals surface area contributed by atoms with Crippen LogP contribution in [0.2, 0.25) is 5.02 Å². The molecule has 0 bridgehead atoms. The Balaban J connectivity index is 3.17. The molecule has 0 aliphatic heterocycles. The molecule has 0 radical (unpaired) electrons. The Morgan fingerprint density at radius 3 is 2.71 bits per heavy atom. The molecule has 1 aromatic rings. The van der Waals surface area contributed by atoms with Crippen molar-refractivity contribution >= 4 is 17.7 Å². The number of hydrogen-bond donors (Lipinski definition) is 0. The molecule has 1 unspecified atom stereocenters. The largest absolute Gasteiger partial charge is 0.236 e. The van der Waals surface area contributed by atoms with Crippen LogP contribution in [0.5, 0.6) is 0 Å². The van der Waals surface area contributed by atoms with Gasteiger partial charge in [-0.25, -0.2) is 9.18 Å². The zero-order chi connectivity index (χ0) is 10.6. The van der Waals surface area contributed by atoms with Crippen LogP contribution in [-0.2, 0) is 4.79 Å². The van der Waals surface area contributed by atoms with Gasteiger partial charge in [0.1, 0.15) is 5.82 Å². The van der Waals surface area contributed by atoms with Crippen molar-refractivity contribution in [2.24, 2.45) is 4.99 Å². The minimum atomic E-state index is -1.05. The molecule has 5 heteroatoms. The molecule has 0 saturated heterocycles. The molecule has 1 aromatic carbocycles. The summed E-state index contributed by atoms with van der Waals surface area (Å²) in [4.78, 5) is 13.2. The van der Waals surface area contributed by atoms with Crippen molar-refractivity contribution < 1.29 is 9.18 Å². The molecule has 3 nitrogen and oxygen atoms in total. The molecule has 1 rings (SSSR count). The van der Waals surface area contributed by atoms with Gasteiger partial charge in [0.25, 0.3) is 0 Å². The maximum Gasteiger partial charge on any atom is 0.236 e. The molecule has 0 aliphatic rings. The van der Waals surface area contributed by atoms with Crippen molar-refractivity contribution in [1.82, 2.24) is 0 Å². The lowest BCUT2D eigenvalue weighted by Crippen LogP contribution is -1.92. The minimum Gasteiger partial charge on any atom is -0.211 e. The predicted molar refractivity (Wildman–Crippen MR) is 47.9 cm³/mol. The fourth-order valence-corrected chi connectivity index (χ4v) is 1.19. The van der Waals surface area contributed by atoms with E-state index in [-0.39, 0.29) is 10.6 Å². The summed E-state index contributed by atoms with van der Waals surface area (Å²) in [6, 6.07) is 4.24. The summed E-state index contributed by atoms with van der Waals surface area (Å²) >= 11 is 5.56. The van der Waals surface area contributed by atoms with E-state index in [1.807, 2.05) is 0 Å². The number of rotatable bonds is 2. The Morgan fingerprint density at radius 2 is 2.21 bits per heavy atom. The Kier molecular flexibility index (Phi) is 3.35. The zero-order valence-corrected chi connectivity index (χ0v) is 7.62. The average Bonchev–Trinajstić information content (AvgIpc) is 2.12. The maximum atomic E-state index is 12.8. The topological polar surface area (TPSA) is 53.2 Å². The van der Waals surface area contributed by atoms with Crippen molar-refractivity contribution in [3.63, 3.8) is 0 Å². The molecule has 0 fully saturated rings. The summed E-state index contributed by atoms with van der Waals surface area (Å²) < 4.78 is 12.8. The summed E-state index contributed by atoms with van der Waals surface area (Å²) in [5, 5.41) is 8.76. The zero-order valence-electron chi connectivity index (χ0n) is 6.87. The van der Waals surface area contributed by atoms with E-state index < -0.39 is 11.9 Å². The number of isocyanates is 1. The quantitative estimate of drug-likeness (QED) is 0.556. The third-order valence-corrected chi connectivity index (χ3v) is 1.72. The Hall–Kier alpha value is -1.69. The van der Waals surface area contributed by atoms with E-state index in [1.54, 1.807) is 6.07 Å². The molecule has 0 amide bonds. The number of benzene rings is 1. The molecule has 1 atom stereocenters. The van der Waals surface area contributed by atoms with Crippen LogP contribution in [0.3, 0.4) is 0 Å². The summed E-state index contributed by atoms with van der Waals surface area (Å²) in [6.07, 6.45) is 1.24.